The molecule has 2 rings (SSSR count). The Morgan fingerprint density at radius 1 is 1.22 bits per heavy atom. The Kier molecular flexibility index (Phi) is 4.99. The minimum Gasteiger partial charge on any atom is -0.343 e. The van der Waals surface area contributed by atoms with Gasteiger partial charge in [0.05, 0.1) is 18.4 Å². The van der Waals surface area contributed by atoms with Crippen molar-refractivity contribution in [2.45, 2.75) is 19.6 Å². The molecule has 122 valence electrons. The van der Waals surface area contributed by atoms with E-state index in [-0.39, 0.29) is 12.2 Å². The summed E-state index contributed by atoms with van der Waals surface area (Å²) in [5, 5.41) is 6.49. The van der Waals surface area contributed by atoms with Gasteiger partial charge in [0.15, 0.2) is 0 Å². The van der Waals surface area contributed by atoms with Crippen molar-refractivity contribution in [2.24, 2.45) is 0 Å². The number of hydrogen-bond donors (Lipinski definition) is 2. The molecular formula is C14H12F3N3O2S. The van der Waals surface area contributed by atoms with Gasteiger partial charge in [-0.3, -0.25) is 9.59 Å². The molecule has 0 saturated heterocycles. The van der Waals surface area contributed by atoms with E-state index >= 15 is 0 Å². The molecule has 0 saturated carbocycles. The lowest BCUT2D eigenvalue weighted by Crippen LogP contribution is -2.34. The SMILES string of the molecule is Cc1ccsc1CNC(=O)C(=O)Nc1ccc(C(F)(F)F)nc1. The fourth-order valence-corrected chi connectivity index (χ4v) is 2.50. The molecule has 2 N–H and O–H groups in total. The zero-order valence-electron chi connectivity index (χ0n) is 11.9. The molecule has 0 fully saturated rings. The average molecular weight is 343 g/mol. The Labute approximate surface area is 133 Å². The number of carbonyl (C=O) groups excluding carboxylic acids is 2. The monoisotopic (exact) mass is 343 g/mol. The first-order chi connectivity index (χ1) is 10.8. The number of aromatic nitrogens is 1. The van der Waals surface area contributed by atoms with Crippen molar-refractivity contribution in [3.05, 3.63) is 45.9 Å². The lowest BCUT2D eigenvalue weighted by atomic mass is 10.3. The summed E-state index contributed by atoms with van der Waals surface area (Å²) in [5.74, 6) is -1.85. The molecule has 0 bridgehead atoms. The molecule has 2 aromatic heterocycles. The minimum atomic E-state index is -4.56. The van der Waals surface area contributed by atoms with Crippen LogP contribution in [-0.4, -0.2) is 16.8 Å². The van der Waals surface area contributed by atoms with Crippen molar-refractivity contribution in [3.63, 3.8) is 0 Å². The highest BCUT2D eigenvalue weighted by atomic mass is 32.1. The molecule has 2 amide bonds. The van der Waals surface area contributed by atoms with E-state index in [2.05, 4.69) is 15.6 Å². The number of amides is 2. The van der Waals surface area contributed by atoms with Crippen molar-refractivity contribution in [1.82, 2.24) is 10.3 Å². The zero-order valence-corrected chi connectivity index (χ0v) is 12.7. The number of thiophene rings is 1. The van der Waals surface area contributed by atoms with E-state index < -0.39 is 23.7 Å². The van der Waals surface area contributed by atoms with Crippen LogP contribution in [0.15, 0.2) is 29.8 Å². The van der Waals surface area contributed by atoms with Crippen molar-refractivity contribution in [2.75, 3.05) is 5.32 Å². The molecule has 5 nitrogen and oxygen atoms in total. The maximum atomic E-state index is 12.4. The second kappa shape index (κ2) is 6.78. The highest BCUT2D eigenvalue weighted by molar-refractivity contribution is 7.10. The Morgan fingerprint density at radius 3 is 2.48 bits per heavy atom. The van der Waals surface area contributed by atoms with Gasteiger partial charge in [0.2, 0.25) is 0 Å². The quantitative estimate of drug-likeness (QED) is 0.842. The molecule has 0 aromatic carbocycles. The molecule has 0 atom stereocenters. The van der Waals surface area contributed by atoms with Crippen LogP contribution >= 0.6 is 11.3 Å². The van der Waals surface area contributed by atoms with Crippen LogP contribution in [0, 0.1) is 6.92 Å². The van der Waals surface area contributed by atoms with Gasteiger partial charge < -0.3 is 10.6 Å². The van der Waals surface area contributed by atoms with Crippen LogP contribution in [0.4, 0.5) is 18.9 Å². The summed E-state index contributed by atoms with van der Waals surface area (Å²) in [5.41, 5.74) is -0.0683. The molecular weight excluding hydrogens is 331 g/mol. The second-order valence-corrected chi connectivity index (χ2v) is 5.59. The van der Waals surface area contributed by atoms with Crippen molar-refractivity contribution in [1.29, 1.82) is 0 Å². The van der Waals surface area contributed by atoms with Crippen LogP contribution in [0.5, 0.6) is 0 Å². The lowest BCUT2D eigenvalue weighted by molar-refractivity contribution is -0.141. The largest absolute Gasteiger partial charge is 0.433 e. The van der Waals surface area contributed by atoms with Gasteiger partial charge >= 0.3 is 18.0 Å². The fraction of sp³-hybridized carbons (Fsp3) is 0.214. The summed E-state index contributed by atoms with van der Waals surface area (Å²) in [7, 11) is 0. The average Bonchev–Trinajstić information content (AvgIpc) is 2.89. The number of nitrogens with one attached hydrogen (secondary N) is 2. The highest BCUT2D eigenvalue weighted by Gasteiger charge is 2.32. The van der Waals surface area contributed by atoms with E-state index in [1.165, 1.54) is 11.3 Å². The third-order valence-corrected chi connectivity index (χ3v) is 3.92. The molecule has 0 spiro atoms. The van der Waals surface area contributed by atoms with E-state index in [1.807, 2.05) is 18.4 Å². The van der Waals surface area contributed by atoms with E-state index in [1.54, 1.807) is 0 Å². The molecule has 0 unspecified atom stereocenters. The number of anilines is 1. The van der Waals surface area contributed by atoms with Gasteiger partial charge in [0.25, 0.3) is 0 Å². The van der Waals surface area contributed by atoms with Crippen molar-refractivity contribution >= 4 is 28.8 Å². The summed E-state index contributed by atoms with van der Waals surface area (Å²) in [6, 6.07) is 3.65. The normalized spacial score (nSPS) is 11.1. The van der Waals surface area contributed by atoms with Crippen LogP contribution in [0.1, 0.15) is 16.1 Å². The van der Waals surface area contributed by atoms with E-state index in [0.717, 1.165) is 28.8 Å². The number of aryl methyl sites for hydroxylation is 1. The molecule has 0 aliphatic heterocycles. The van der Waals surface area contributed by atoms with Gasteiger partial charge in [0.1, 0.15) is 5.69 Å². The van der Waals surface area contributed by atoms with Gasteiger partial charge in [-0.25, -0.2) is 4.98 Å². The molecule has 0 aliphatic carbocycles. The lowest BCUT2D eigenvalue weighted by Gasteiger charge is -2.08. The zero-order chi connectivity index (χ0) is 17.0. The Balaban J connectivity index is 1.91. The fourth-order valence-electron chi connectivity index (χ4n) is 1.65. The van der Waals surface area contributed by atoms with Crippen LogP contribution in [0.2, 0.25) is 0 Å². The number of carbonyl (C=O) groups is 2. The van der Waals surface area contributed by atoms with Gasteiger partial charge in [-0.2, -0.15) is 13.2 Å². The number of alkyl halides is 3. The van der Waals surface area contributed by atoms with Gasteiger partial charge in [-0.05, 0) is 36.1 Å². The predicted molar refractivity (Wildman–Crippen MR) is 78.8 cm³/mol. The number of hydrogen-bond acceptors (Lipinski definition) is 4. The predicted octanol–water partition coefficient (Wildman–Crippen LogP) is 2.73. The van der Waals surface area contributed by atoms with Crippen molar-refractivity contribution < 1.29 is 22.8 Å². The van der Waals surface area contributed by atoms with Crippen LogP contribution in [0.3, 0.4) is 0 Å². The first-order valence-corrected chi connectivity index (χ1v) is 7.30. The van der Waals surface area contributed by atoms with Crippen LogP contribution < -0.4 is 10.6 Å². The third-order valence-electron chi connectivity index (χ3n) is 2.90. The molecule has 9 heteroatoms. The summed E-state index contributed by atoms with van der Waals surface area (Å²) in [6.45, 7) is 2.09. The van der Waals surface area contributed by atoms with Crippen molar-refractivity contribution in [3.8, 4) is 0 Å². The molecule has 2 aromatic rings. The highest BCUT2D eigenvalue weighted by Crippen LogP contribution is 2.27. The molecule has 23 heavy (non-hydrogen) atoms. The Hall–Kier alpha value is -2.42. The standard InChI is InChI=1S/C14H12F3N3O2S/c1-8-4-5-23-10(8)7-19-12(21)13(22)20-9-2-3-11(18-6-9)14(15,16)17/h2-6H,7H2,1H3,(H,19,21)(H,20,22). The summed E-state index contributed by atoms with van der Waals surface area (Å²) in [4.78, 5) is 27.4. The second-order valence-electron chi connectivity index (χ2n) is 4.59. The number of nitrogens with zero attached hydrogens (tertiary/aromatic N) is 1. The smallest absolute Gasteiger partial charge is 0.343 e. The Bertz CT molecular complexity index is 711. The third kappa shape index (κ3) is 4.52. The summed E-state index contributed by atoms with van der Waals surface area (Å²) >= 11 is 1.45. The van der Waals surface area contributed by atoms with E-state index in [9.17, 15) is 22.8 Å². The van der Waals surface area contributed by atoms with Crippen LogP contribution in [0.25, 0.3) is 0 Å². The number of pyridine rings is 1. The van der Waals surface area contributed by atoms with Gasteiger partial charge in [-0.15, -0.1) is 11.3 Å². The number of rotatable bonds is 3. The minimum absolute atomic E-state index is 0.00505. The maximum absolute atomic E-state index is 12.4. The first-order valence-electron chi connectivity index (χ1n) is 6.43. The number of halogens is 3. The molecule has 2 heterocycles. The summed E-state index contributed by atoms with van der Waals surface area (Å²) in [6.07, 6.45) is -3.71. The van der Waals surface area contributed by atoms with E-state index in [0.29, 0.717) is 0 Å². The van der Waals surface area contributed by atoms with Gasteiger partial charge in [0, 0.05) is 4.88 Å². The first kappa shape index (κ1) is 16.9. The topological polar surface area (TPSA) is 71.1 Å². The molecule has 0 aliphatic rings. The van der Waals surface area contributed by atoms with E-state index in [4.69, 9.17) is 0 Å². The Morgan fingerprint density at radius 2 is 1.96 bits per heavy atom. The van der Waals surface area contributed by atoms with Crippen LogP contribution in [-0.2, 0) is 22.3 Å². The van der Waals surface area contributed by atoms with Gasteiger partial charge in [-0.1, -0.05) is 0 Å². The maximum Gasteiger partial charge on any atom is 0.433 e. The molecule has 0 radical (unpaired) electrons. The summed E-state index contributed by atoms with van der Waals surface area (Å²) < 4.78 is 37.1.